The van der Waals surface area contributed by atoms with Crippen LogP contribution in [0, 0.1) is 0 Å². The molecule has 0 aromatic heterocycles. The van der Waals surface area contributed by atoms with Crippen molar-refractivity contribution in [1.29, 1.82) is 0 Å². The normalized spacial score (nSPS) is 20.1. The molecule has 2 aliphatic rings. The second-order valence-electron chi connectivity index (χ2n) is 7.58. The summed E-state index contributed by atoms with van der Waals surface area (Å²) in [6.45, 7) is 0.316. The molecule has 166 valence electrons. The third-order valence-corrected chi connectivity index (χ3v) is 5.69. The average molecular weight is 442 g/mol. The molecule has 0 saturated carbocycles. The summed E-state index contributed by atoms with van der Waals surface area (Å²) in [5, 5.41) is 0. The van der Waals surface area contributed by atoms with Gasteiger partial charge in [0.15, 0.2) is 0 Å². The third-order valence-electron chi connectivity index (χ3n) is 5.69. The largest absolute Gasteiger partial charge is 0.492 e. The van der Waals surface area contributed by atoms with E-state index in [1.54, 1.807) is 18.2 Å². The van der Waals surface area contributed by atoms with E-state index in [9.17, 15) is 26.7 Å². The van der Waals surface area contributed by atoms with Crippen LogP contribution in [0.2, 0.25) is 0 Å². The van der Waals surface area contributed by atoms with Crippen molar-refractivity contribution in [3.63, 3.8) is 0 Å². The summed E-state index contributed by atoms with van der Waals surface area (Å²) >= 11 is 0. The van der Waals surface area contributed by atoms with E-state index in [2.05, 4.69) is 4.74 Å². The molecule has 0 bridgehead atoms. The Morgan fingerprint density at radius 1 is 1.13 bits per heavy atom. The number of methoxy groups -OCH3 is 1. The highest BCUT2D eigenvalue weighted by Crippen LogP contribution is 2.49. The van der Waals surface area contributed by atoms with Gasteiger partial charge in [-0.05, 0) is 30.0 Å². The molecule has 0 saturated heterocycles. The highest BCUT2D eigenvalue weighted by atomic mass is 19.4. The van der Waals surface area contributed by atoms with Crippen LogP contribution in [0.4, 0.5) is 22.0 Å². The van der Waals surface area contributed by atoms with Gasteiger partial charge >= 0.3 is 18.1 Å². The zero-order valence-electron chi connectivity index (χ0n) is 16.5. The van der Waals surface area contributed by atoms with Crippen LogP contribution in [-0.2, 0) is 21.9 Å². The first-order valence-electron chi connectivity index (χ1n) is 9.69. The second kappa shape index (κ2) is 7.69. The number of ether oxygens (including phenoxy) is 3. The summed E-state index contributed by atoms with van der Waals surface area (Å²) < 4.78 is 82.7. The van der Waals surface area contributed by atoms with Crippen LogP contribution in [0.3, 0.4) is 0 Å². The van der Waals surface area contributed by atoms with Crippen molar-refractivity contribution in [2.24, 2.45) is 0 Å². The van der Waals surface area contributed by atoms with E-state index in [1.807, 2.05) is 0 Å². The van der Waals surface area contributed by atoms with Gasteiger partial charge in [-0.3, -0.25) is 4.79 Å². The molecular weight excluding hydrogens is 423 g/mol. The number of hydrogen-bond donors (Lipinski definition) is 0. The van der Waals surface area contributed by atoms with Gasteiger partial charge in [0.1, 0.15) is 17.6 Å². The van der Waals surface area contributed by atoms with E-state index in [1.165, 1.54) is 19.2 Å². The fourth-order valence-corrected chi connectivity index (χ4v) is 4.13. The second-order valence-corrected chi connectivity index (χ2v) is 7.58. The summed E-state index contributed by atoms with van der Waals surface area (Å²) in [6.07, 6.45) is -5.80. The monoisotopic (exact) mass is 442 g/mol. The van der Waals surface area contributed by atoms with Gasteiger partial charge in [0.2, 0.25) is 0 Å². The average Bonchev–Trinajstić information content (AvgIpc) is 3.31. The van der Waals surface area contributed by atoms with Crippen molar-refractivity contribution < 1.29 is 41.0 Å². The van der Waals surface area contributed by atoms with Gasteiger partial charge in [-0.15, -0.1) is 0 Å². The first-order chi connectivity index (χ1) is 14.6. The molecule has 2 atom stereocenters. The maximum absolute atomic E-state index is 14.0. The molecule has 0 fully saturated rings. The summed E-state index contributed by atoms with van der Waals surface area (Å²) in [5.41, 5.74) is 0.111. The zero-order chi connectivity index (χ0) is 22.4. The van der Waals surface area contributed by atoms with Gasteiger partial charge in [0, 0.05) is 23.1 Å². The Morgan fingerprint density at radius 3 is 2.61 bits per heavy atom. The number of carbonyl (C=O) groups excluding carboxylic acids is 1. The molecule has 9 heteroatoms. The first kappa shape index (κ1) is 21.4. The Morgan fingerprint density at radius 2 is 1.90 bits per heavy atom. The van der Waals surface area contributed by atoms with Crippen LogP contribution in [0.5, 0.6) is 11.5 Å². The molecule has 1 unspecified atom stereocenters. The minimum Gasteiger partial charge on any atom is -0.492 e. The molecule has 1 aliphatic heterocycles. The van der Waals surface area contributed by atoms with Crippen molar-refractivity contribution in [2.75, 3.05) is 13.7 Å². The van der Waals surface area contributed by atoms with Crippen LogP contribution < -0.4 is 9.47 Å². The molecule has 4 nitrogen and oxygen atoms in total. The Hall–Kier alpha value is -2.84. The Balaban J connectivity index is 1.55. The molecule has 0 radical (unpaired) electrons. The molecule has 31 heavy (non-hydrogen) atoms. The lowest BCUT2D eigenvalue weighted by Crippen LogP contribution is -2.34. The lowest BCUT2D eigenvalue weighted by Gasteiger charge is -2.23. The van der Waals surface area contributed by atoms with Crippen molar-refractivity contribution >= 4 is 5.97 Å². The molecule has 0 amide bonds. The molecule has 2 aromatic carbocycles. The summed E-state index contributed by atoms with van der Waals surface area (Å²) in [4.78, 5) is 11.5. The van der Waals surface area contributed by atoms with Gasteiger partial charge in [-0.25, -0.2) is 0 Å². The van der Waals surface area contributed by atoms with Gasteiger partial charge in [0.25, 0.3) is 0 Å². The standard InChI is InChI=1S/C22H19F5O4/c1-29-20(28)9-12-11-30-19-10-13(5-6-14(12)19)31-18-8-7-15-16(18)3-2-4-17(15)21(23,24)22(25,26)27/h2-6,10,12,18H,7-9,11H2,1H3/t12?,18-/m1/s1. The van der Waals surface area contributed by atoms with Gasteiger partial charge in [0.05, 0.1) is 20.1 Å². The fourth-order valence-electron chi connectivity index (χ4n) is 4.13. The number of esters is 1. The highest BCUT2D eigenvalue weighted by molar-refractivity contribution is 5.71. The smallest absolute Gasteiger partial charge is 0.458 e. The van der Waals surface area contributed by atoms with Gasteiger partial charge < -0.3 is 14.2 Å². The summed E-state index contributed by atoms with van der Waals surface area (Å²) in [6, 6.07) is 8.59. The quantitative estimate of drug-likeness (QED) is 0.457. The predicted octanol–water partition coefficient (Wildman–Crippen LogP) is 5.45. The molecule has 0 N–H and O–H groups in total. The van der Waals surface area contributed by atoms with Crippen LogP contribution >= 0.6 is 0 Å². The van der Waals surface area contributed by atoms with E-state index in [4.69, 9.17) is 9.47 Å². The van der Waals surface area contributed by atoms with E-state index in [-0.39, 0.29) is 36.7 Å². The lowest BCUT2D eigenvalue weighted by molar-refractivity contribution is -0.289. The Labute approximate surface area is 174 Å². The fraction of sp³-hybridized carbons (Fsp3) is 0.409. The SMILES string of the molecule is COC(=O)CC1COc2cc(O[C@@H]3CCc4c3cccc4C(F)(F)C(F)(F)F)ccc21. The van der Waals surface area contributed by atoms with Crippen LogP contribution in [0.15, 0.2) is 36.4 Å². The van der Waals surface area contributed by atoms with E-state index in [0.29, 0.717) is 23.7 Å². The van der Waals surface area contributed by atoms with Crippen LogP contribution in [0.25, 0.3) is 0 Å². The van der Waals surface area contributed by atoms with Crippen LogP contribution in [0.1, 0.15) is 47.1 Å². The number of halogens is 5. The van der Waals surface area contributed by atoms with Crippen LogP contribution in [-0.4, -0.2) is 25.9 Å². The molecule has 2 aromatic rings. The van der Waals surface area contributed by atoms with Crippen molar-refractivity contribution in [3.8, 4) is 11.5 Å². The molecule has 4 rings (SSSR count). The van der Waals surface area contributed by atoms with E-state index < -0.39 is 23.8 Å². The Kier molecular flexibility index (Phi) is 5.31. The number of carbonyl (C=O) groups is 1. The first-order valence-corrected chi connectivity index (χ1v) is 9.69. The number of fused-ring (bicyclic) bond motifs is 2. The minimum atomic E-state index is -5.67. The van der Waals surface area contributed by atoms with Gasteiger partial charge in [-0.2, -0.15) is 22.0 Å². The number of hydrogen-bond acceptors (Lipinski definition) is 4. The third kappa shape index (κ3) is 3.81. The van der Waals surface area contributed by atoms with Crippen molar-refractivity contribution in [3.05, 3.63) is 58.7 Å². The topological polar surface area (TPSA) is 44.8 Å². The summed E-state index contributed by atoms with van der Waals surface area (Å²) in [5.74, 6) is -4.47. The van der Waals surface area contributed by atoms with Crippen molar-refractivity contribution in [2.45, 2.75) is 43.4 Å². The molecule has 0 spiro atoms. The van der Waals surface area contributed by atoms with E-state index in [0.717, 1.165) is 11.6 Å². The van der Waals surface area contributed by atoms with Crippen molar-refractivity contribution in [1.82, 2.24) is 0 Å². The number of rotatable bonds is 5. The minimum absolute atomic E-state index is 0.0228. The maximum Gasteiger partial charge on any atom is 0.458 e. The Bertz CT molecular complexity index is 1000. The lowest BCUT2D eigenvalue weighted by atomic mass is 9.97. The molecule has 1 heterocycles. The number of alkyl halides is 5. The van der Waals surface area contributed by atoms with Gasteiger partial charge in [-0.1, -0.05) is 24.3 Å². The predicted molar refractivity (Wildman–Crippen MR) is 99.4 cm³/mol. The highest BCUT2D eigenvalue weighted by Gasteiger charge is 2.60. The summed E-state index contributed by atoms with van der Waals surface area (Å²) in [7, 11) is 1.31. The maximum atomic E-state index is 14.0. The number of benzene rings is 2. The van der Waals surface area contributed by atoms with E-state index >= 15 is 0 Å². The molecular formula is C22H19F5O4. The molecule has 1 aliphatic carbocycles. The zero-order valence-corrected chi connectivity index (χ0v) is 16.5.